The third kappa shape index (κ3) is 2.17. The number of carbonyl (C=O) groups excluding carboxylic acids is 1. The molecular formula is C12H12N4O3. The highest BCUT2D eigenvalue weighted by molar-refractivity contribution is 5.98. The van der Waals surface area contributed by atoms with Gasteiger partial charge in [0, 0.05) is 5.56 Å². The molecule has 1 amide bonds. The highest BCUT2D eigenvalue weighted by Crippen LogP contribution is 2.26. The standard InChI is InChI=1S/C12H12N4O3/c1-5-3-6(2)8(12(18)19)4-7(5)9-10(11(13)17)15-16-14-9/h3-4H,1-2H3,(H2,13,17)(H,18,19)(H,14,15,16). The molecule has 0 spiro atoms. The van der Waals surface area contributed by atoms with Crippen LogP contribution in [-0.2, 0) is 0 Å². The summed E-state index contributed by atoms with van der Waals surface area (Å²) in [5.74, 6) is -1.76. The van der Waals surface area contributed by atoms with Crippen LogP contribution in [0.5, 0.6) is 0 Å². The second kappa shape index (κ2) is 4.52. The maximum absolute atomic E-state index is 11.2. The number of primary amides is 1. The van der Waals surface area contributed by atoms with E-state index < -0.39 is 11.9 Å². The third-order valence-corrected chi connectivity index (χ3v) is 2.84. The lowest BCUT2D eigenvalue weighted by molar-refractivity contribution is 0.0696. The molecule has 1 aromatic heterocycles. The highest BCUT2D eigenvalue weighted by atomic mass is 16.4. The molecule has 0 atom stereocenters. The Balaban J connectivity index is 2.68. The van der Waals surface area contributed by atoms with E-state index >= 15 is 0 Å². The number of benzene rings is 1. The molecule has 2 aromatic rings. The van der Waals surface area contributed by atoms with Crippen molar-refractivity contribution >= 4 is 11.9 Å². The molecule has 0 bridgehead atoms. The summed E-state index contributed by atoms with van der Waals surface area (Å²) < 4.78 is 0. The summed E-state index contributed by atoms with van der Waals surface area (Å²) in [6, 6.07) is 3.19. The Hall–Kier alpha value is -2.70. The number of rotatable bonds is 3. The number of hydrogen-bond donors (Lipinski definition) is 3. The van der Waals surface area contributed by atoms with Crippen molar-refractivity contribution in [1.82, 2.24) is 15.4 Å². The Kier molecular flexibility index (Phi) is 3.04. The van der Waals surface area contributed by atoms with Gasteiger partial charge < -0.3 is 10.8 Å². The van der Waals surface area contributed by atoms with E-state index in [0.29, 0.717) is 11.1 Å². The van der Waals surface area contributed by atoms with E-state index in [1.807, 2.05) is 0 Å². The molecule has 1 aromatic carbocycles. The number of aryl methyl sites for hydroxylation is 2. The quantitative estimate of drug-likeness (QED) is 0.756. The van der Waals surface area contributed by atoms with Crippen molar-refractivity contribution in [2.45, 2.75) is 13.8 Å². The first kappa shape index (κ1) is 12.7. The maximum atomic E-state index is 11.2. The van der Waals surface area contributed by atoms with E-state index in [9.17, 15) is 9.59 Å². The molecule has 98 valence electrons. The van der Waals surface area contributed by atoms with Crippen LogP contribution in [0.15, 0.2) is 12.1 Å². The van der Waals surface area contributed by atoms with Gasteiger partial charge in [0.2, 0.25) is 0 Å². The lowest BCUT2D eigenvalue weighted by Crippen LogP contribution is -2.13. The number of hydrogen-bond acceptors (Lipinski definition) is 4. The molecule has 0 fully saturated rings. The number of nitrogens with zero attached hydrogens (tertiary/aromatic N) is 2. The molecule has 0 aliphatic carbocycles. The summed E-state index contributed by atoms with van der Waals surface area (Å²) in [4.78, 5) is 22.4. The van der Waals surface area contributed by atoms with Crippen LogP contribution in [0.1, 0.15) is 32.0 Å². The molecule has 0 unspecified atom stereocenters. The van der Waals surface area contributed by atoms with E-state index in [1.165, 1.54) is 6.07 Å². The van der Waals surface area contributed by atoms with Gasteiger partial charge >= 0.3 is 5.97 Å². The first-order valence-corrected chi connectivity index (χ1v) is 5.47. The monoisotopic (exact) mass is 260 g/mol. The molecule has 0 aliphatic rings. The van der Waals surface area contributed by atoms with Crippen LogP contribution >= 0.6 is 0 Å². The average Bonchev–Trinajstić information content (AvgIpc) is 2.77. The fourth-order valence-electron chi connectivity index (χ4n) is 1.93. The predicted molar refractivity (Wildman–Crippen MR) is 66.8 cm³/mol. The van der Waals surface area contributed by atoms with Gasteiger partial charge in [-0.05, 0) is 31.0 Å². The van der Waals surface area contributed by atoms with E-state index in [1.54, 1.807) is 19.9 Å². The predicted octanol–water partition coefficient (Wildman–Crippen LogP) is 0.886. The molecule has 19 heavy (non-hydrogen) atoms. The molecule has 7 heteroatoms. The molecule has 0 saturated carbocycles. The van der Waals surface area contributed by atoms with E-state index in [-0.39, 0.29) is 17.0 Å². The van der Waals surface area contributed by atoms with E-state index in [0.717, 1.165) is 5.56 Å². The van der Waals surface area contributed by atoms with Crippen molar-refractivity contribution in [3.05, 3.63) is 34.5 Å². The normalized spacial score (nSPS) is 10.4. The molecule has 0 radical (unpaired) electrons. The minimum atomic E-state index is -1.04. The number of nitrogens with one attached hydrogen (secondary N) is 1. The SMILES string of the molecule is Cc1cc(C)c(-c2n[nH]nc2C(N)=O)cc1C(=O)O. The minimum Gasteiger partial charge on any atom is -0.478 e. The van der Waals surface area contributed by atoms with Crippen LogP contribution < -0.4 is 5.73 Å². The first-order chi connectivity index (χ1) is 8.91. The summed E-state index contributed by atoms with van der Waals surface area (Å²) in [6.07, 6.45) is 0. The largest absolute Gasteiger partial charge is 0.478 e. The van der Waals surface area contributed by atoms with Gasteiger partial charge in [-0.1, -0.05) is 6.07 Å². The van der Waals surface area contributed by atoms with Crippen LogP contribution in [0.3, 0.4) is 0 Å². The first-order valence-electron chi connectivity index (χ1n) is 5.47. The van der Waals surface area contributed by atoms with Gasteiger partial charge in [0.1, 0.15) is 5.69 Å². The number of carboxylic acids is 1. The Morgan fingerprint density at radius 2 is 1.89 bits per heavy atom. The number of carbonyl (C=O) groups is 2. The third-order valence-electron chi connectivity index (χ3n) is 2.84. The topological polar surface area (TPSA) is 122 Å². The molecule has 1 heterocycles. The van der Waals surface area contributed by atoms with E-state index in [4.69, 9.17) is 10.8 Å². The zero-order valence-corrected chi connectivity index (χ0v) is 10.4. The molecule has 2 rings (SSSR count). The van der Waals surface area contributed by atoms with Gasteiger partial charge in [-0.25, -0.2) is 4.79 Å². The molecule has 0 saturated heterocycles. The molecule has 4 N–H and O–H groups in total. The van der Waals surface area contributed by atoms with Gasteiger partial charge in [-0.3, -0.25) is 4.79 Å². The van der Waals surface area contributed by atoms with Gasteiger partial charge in [0.15, 0.2) is 5.69 Å². The molecule has 0 aliphatic heterocycles. The number of aromatic amines is 1. The van der Waals surface area contributed by atoms with E-state index in [2.05, 4.69) is 15.4 Å². The number of carboxylic acid groups (broad SMARTS) is 1. The fraction of sp³-hybridized carbons (Fsp3) is 0.167. The second-order valence-electron chi connectivity index (χ2n) is 4.17. The van der Waals surface area contributed by atoms with Crippen LogP contribution in [-0.4, -0.2) is 32.4 Å². The molecule has 7 nitrogen and oxygen atoms in total. The highest BCUT2D eigenvalue weighted by Gasteiger charge is 2.19. The Morgan fingerprint density at radius 3 is 2.47 bits per heavy atom. The average molecular weight is 260 g/mol. The lowest BCUT2D eigenvalue weighted by atomic mass is 9.97. The van der Waals surface area contributed by atoms with Crippen molar-refractivity contribution in [1.29, 1.82) is 0 Å². The van der Waals surface area contributed by atoms with Gasteiger partial charge in [0.25, 0.3) is 5.91 Å². The van der Waals surface area contributed by atoms with Crippen molar-refractivity contribution < 1.29 is 14.7 Å². The lowest BCUT2D eigenvalue weighted by Gasteiger charge is -2.08. The zero-order chi connectivity index (χ0) is 14.2. The van der Waals surface area contributed by atoms with Crippen molar-refractivity contribution in [3.63, 3.8) is 0 Å². The number of nitrogens with two attached hydrogens (primary N) is 1. The molecular weight excluding hydrogens is 248 g/mol. The Labute approximate surface area is 108 Å². The van der Waals surface area contributed by atoms with Gasteiger partial charge in [-0.15, -0.1) is 0 Å². The zero-order valence-electron chi connectivity index (χ0n) is 10.4. The number of aromatic nitrogens is 3. The second-order valence-corrected chi connectivity index (χ2v) is 4.17. The minimum absolute atomic E-state index is 0.0108. The summed E-state index contributed by atoms with van der Waals surface area (Å²) in [6.45, 7) is 3.51. The van der Waals surface area contributed by atoms with Crippen molar-refractivity contribution in [2.24, 2.45) is 5.73 Å². The fourth-order valence-corrected chi connectivity index (χ4v) is 1.93. The van der Waals surface area contributed by atoms with Crippen LogP contribution in [0, 0.1) is 13.8 Å². The number of H-pyrrole nitrogens is 1. The van der Waals surface area contributed by atoms with Crippen LogP contribution in [0.25, 0.3) is 11.3 Å². The van der Waals surface area contributed by atoms with Crippen LogP contribution in [0.4, 0.5) is 0 Å². The van der Waals surface area contributed by atoms with Gasteiger partial charge in [0.05, 0.1) is 5.56 Å². The van der Waals surface area contributed by atoms with Crippen molar-refractivity contribution in [2.75, 3.05) is 0 Å². The summed E-state index contributed by atoms with van der Waals surface area (Å²) >= 11 is 0. The summed E-state index contributed by atoms with van der Waals surface area (Å²) in [7, 11) is 0. The smallest absolute Gasteiger partial charge is 0.335 e. The summed E-state index contributed by atoms with van der Waals surface area (Å²) in [5.41, 5.74) is 7.54. The number of amides is 1. The van der Waals surface area contributed by atoms with Crippen LogP contribution in [0.2, 0.25) is 0 Å². The van der Waals surface area contributed by atoms with Crippen molar-refractivity contribution in [3.8, 4) is 11.3 Å². The van der Waals surface area contributed by atoms with Gasteiger partial charge in [-0.2, -0.15) is 15.4 Å². The Morgan fingerprint density at radius 1 is 1.21 bits per heavy atom. The maximum Gasteiger partial charge on any atom is 0.335 e. The summed E-state index contributed by atoms with van der Waals surface area (Å²) in [5, 5.41) is 19.0. The Bertz CT molecular complexity index is 676. The number of aromatic carboxylic acids is 1.